The molecule has 3 rings (SSSR count). The summed E-state index contributed by atoms with van der Waals surface area (Å²) in [6.45, 7) is 0.664. The summed E-state index contributed by atoms with van der Waals surface area (Å²) >= 11 is 0. The van der Waals surface area contributed by atoms with E-state index in [1.165, 1.54) is 0 Å². The first kappa shape index (κ1) is 9.84. The Hall–Kier alpha value is -2.36. The highest BCUT2D eigenvalue weighted by molar-refractivity contribution is 6.05. The molecule has 0 aromatic heterocycles. The van der Waals surface area contributed by atoms with Crippen LogP contribution >= 0.6 is 0 Å². The van der Waals surface area contributed by atoms with E-state index in [9.17, 15) is 4.79 Å². The summed E-state index contributed by atoms with van der Waals surface area (Å²) < 4.78 is 0. The summed E-state index contributed by atoms with van der Waals surface area (Å²) in [5.41, 5.74) is 8.73. The van der Waals surface area contributed by atoms with Crippen LogP contribution < -0.4 is 5.73 Å². The number of primary amides is 1. The van der Waals surface area contributed by atoms with Gasteiger partial charge in [0, 0.05) is 11.1 Å². The van der Waals surface area contributed by atoms with Crippen LogP contribution in [0, 0.1) is 0 Å². The lowest BCUT2D eigenvalue weighted by Gasteiger charge is -2.29. The van der Waals surface area contributed by atoms with Crippen LogP contribution in [0.25, 0.3) is 5.70 Å². The fourth-order valence-electron chi connectivity index (χ4n) is 2.12. The van der Waals surface area contributed by atoms with Crippen molar-refractivity contribution in [3.05, 3.63) is 53.1 Å². The summed E-state index contributed by atoms with van der Waals surface area (Å²) in [5.74, 6) is -0.423. The molecule has 0 bridgehead atoms. The number of nitrogens with two attached hydrogens (primary N) is 1. The Morgan fingerprint density at radius 2 is 2.18 bits per heavy atom. The molecule has 2 aliphatic heterocycles. The van der Waals surface area contributed by atoms with Gasteiger partial charge in [-0.1, -0.05) is 30.3 Å². The van der Waals surface area contributed by atoms with E-state index < -0.39 is 5.91 Å². The normalized spacial score (nSPS) is 16.8. The average Bonchev–Trinajstić information content (AvgIpc) is 2.37. The van der Waals surface area contributed by atoms with E-state index in [0.717, 1.165) is 16.8 Å². The van der Waals surface area contributed by atoms with Gasteiger partial charge in [0.05, 0.1) is 24.0 Å². The highest BCUT2D eigenvalue weighted by atomic mass is 16.1. The Labute approximate surface area is 98.7 Å². The molecule has 0 fully saturated rings. The van der Waals surface area contributed by atoms with Crippen LogP contribution in [0.3, 0.4) is 0 Å². The number of rotatable bonds is 1. The molecule has 4 nitrogen and oxygen atoms in total. The van der Waals surface area contributed by atoms with E-state index in [4.69, 9.17) is 5.73 Å². The number of hydrogen-bond donors (Lipinski definition) is 1. The quantitative estimate of drug-likeness (QED) is 0.778. The molecule has 0 radical (unpaired) electrons. The first-order valence-electron chi connectivity index (χ1n) is 5.39. The molecule has 2 N–H and O–H groups in total. The second-order valence-corrected chi connectivity index (χ2v) is 3.94. The highest BCUT2D eigenvalue weighted by Crippen LogP contribution is 2.31. The number of hydrazone groups is 1. The number of carbonyl (C=O) groups excluding carboxylic acids is 1. The minimum Gasteiger partial charge on any atom is -0.366 e. The molecule has 0 saturated carbocycles. The molecule has 17 heavy (non-hydrogen) atoms. The Morgan fingerprint density at radius 1 is 1.35 bits per heavy atom. The van der Waals surface area contributed by atoms with Gasteiger partial charge in [0.2, 0.25) is 0 Å². The van der Waals surface area contributed by atoms with Crippen LogP contribution in [0.1, 0.15) is 11.1 Å². The smallest absolute Gasteiger partial charge is 0.250 e. The van der Waals surface area contributed by atoms with Gasteiger partial charge in [-0.05, 0) is 6.08 Å². The van der Waals surface area contributed by atoms with Gasteiger partial charge in [-0.2, -0.15) is 5.10 Å². The van der Waals surface area contributed by atoms with Crippen LogP contribution in [0.5, 0.6) is 0 Å². The SMILES string of the molecule is NC(=O)C1=C2c3ccccc3C=NN2CC=C1. The molecule has 0 spiro atoms. The molecule has 4 heteroatoms. The van der Waals surface area contributed by atoms with Crippen molar-refractivity contribution in [2.45, 2.75) is 0 Å². The average molecular weight is 225 g/mol. The highest BCUT2D eigenvalue weighted by Gasteiger charge is 2.24. The second-order valence-electron chi connectivity index (χ2n) is 3.94. The van der Waals surface area contributed by atoms with Gasteiger partial charge in [-0.15, -0.1) is 0 Å². The number of amides is 1. The molecule has 0 saturated heterocycles. The molecule has 0 atom stereocenters. The number of carbonyl (C=O) groups is 1. The molecule has 0 aliphatic carbocycles. The Morgan fingerprint density at radius 3 is 3.00 bits per heavy atom. The third-order valence-corrected chi connectivity index (χ3v) is 2.89. The van der Waals surface area contributed by atoms with Crippen molar-refractivity contribution in [3.63, 3.8) is 0 Å². The van der Waals surface area contributed by atoms with Gasteiger partial charge >= 0.3 is 0 Å². The zero-order valence-electron chi connectivity index (χ0n) is 9.13. The van der Waals surface area contributed by atoms with Crippen molar-refractivity contribution < 1.29 is 4.79 Å². The fraction of sp³-hybridized carbons (Fsp3) is 0.0769. The van der Waals surface area contributed by atoms with E-state index in [1.807, 2.05) is 30.3 Å². The van der Waals surface area contributed by atoms with Crippen molar-refractivity contribution >= 4 is 17.8 Å². The van der Waals surface area contributed by atoms with Gasteiger partial charge in [0.1, 0.15) is 0 Å². The number of fused-ring (bicyclic) bond motifs is 3. The van der Waals surface area contributed by atoms with E-state index in [2.05, 4.69) is 5.10 Å². The number of hydrogen-bond acceptors (Lipinski definition) is 3. The summed E-state index contributed by atoms with van der Waals surface area (Å²) in [4.78, 5) is 11.5. The van der Waals surface area contributed by atoms with Crippen molar-refractivity contribution in [2.75, 3.05) is 6.54 Å². The van der Waals surface area contributed by atoms with Crippen molar-refractivity contribution in [3.8, 4) is 0 Å². The molecule has 1 amide bonds. The summed E-state index contributed by atoms with van der Waals surface area (Å²) in [5, 5.41) is 6.11. The van der Waals surface area contributed by atoms with Crippen LogP contribution in [-0.4, -0.2) is 23.7 Å². The van der Waals surface area contributed by atoms with Crippen molar-refractivity contribution in [2.24, 2.45) is 10.8 Å². The van der Waals surface area contributed by atoms with Gasteiger partial charge in [0.15, 0.2) is 0 Å². The molecule has 0 unspecified atom stereocenters. The molecule has 1 aromatic rings. The zero-order valence-corrected chi connectivity index (χ0v) is 9.13. The number of benzene rings is 1. The monoisotopic (exact) mass is 225 g/mol. The zero-order chi connectivity index (χ0) is 11.8. The summed E-state index contributed by atoms with van der Waals surface area (Å²) in [6, 6.07) is 7.84. The second kappa shape index (κ2) is 3.59. The lowest BCUT2D eigenvalue weighted by atomic mass is 9.97. The van der Waals surface area contributed by atoms with Gasteiger partial charge in [0.25, 0.3) is 5.91 Å². The Kier molecular flexibility index (Phi) is 2.08. The van der Waals surface area contributed by atoms with E-state index >= 15 is 0 Å². The largest absolute Gasteiger partial charge is 0.366 e. The van der Waals surface area contributed by atoms with Crippen LogP contribution in [0.4, 0.5) is 0 Å². The van der Waals surface area contributed by atoms with Crippen LogP contribution in [0.15, 0.2) is 47.1 Å². The molecule has 84 valence electrons. The minimum atomic E-state index is -0.423. The predicted molar refractivity (Wildman–Crippen MR) is 66.0 cm³/mol. The third kappa shape index (κ3) is 1.45. The summed E-state index contributed by atoms with van der Waals surface area (Å²) in [7, 11) is 0. The Bertz CT molecular complexity index is 584. The van der Waals surface area contributed by atoms with E-state index in [0.29, 0.717) is 12.1 Å². The molecular weight excluding hydrogens is 214 g/mol. The van der Waals surface area contributed by atoms with Crippen molar-refractivity contribution in [1.29, 1.82) is 0 Å². The van der Waals surface area contributed by atoms with Crippen LogP contribution in [-0.2, 0) is 4.79 Å². The van der Waals surface area contributed by atoms with Crippen molar-refractivity contribution in [1.82, 2.24) is 5.01 Å². The molecule has 1 aromatic carbocycles. The number of nitrogens with zero attached hydrogens (tertiary/aromatic N) is 2. The third-order valence-electron chi connectivity index (χ3n) is 2.89. The van der Waals surface area contributed by atoms with Gasteiger partial charge < -0.3 is 5.73 Å². The van der Waals surface area contributed by atoms with Gasteiger partial charge in [-0.25, -0.2) is 0 Å². The molecule has 2 aliphatic rings. The first-order valence-corrected chi connectivity index (χ1v) is 5.39. The van der Waals surface area contributed by atoms with Gasteiger partial charge in [-0.3, -0.25) is 9.80 Å². The fourth-order valence-corrected chi connectivity index (χ4v) is 2.12. The lowest BCUT2D eigenvalue weighted by Crippen LogP contribution is -2.28. The minimum absolute atomic E-state index is 0.423. The standard InChI is InChI=1S/C13H11N3O/c14-13(17)11-6-3-7-16-12(11)10-5-2-1-4-9(10)8-15-16/h1-6,8H,7H2,(H2,14,17). The maximum absolute atomic E-state index is 11.5. The molecule has 2 heterocycles. The maximum Gasteiger partial charge on any atom is 0.250 e. The Balaban J connectivity index is 2.28. The predicted octanol–water partition coefficient (Wildman–Crippen LogP) is 1.10. The summed E-state index contributed by atoms with van der Waals surface area (Å²) in [6.07, 6.45) is 5.46. The van der Waals surface area contributed by atoms with E-state index in [-0.39, 0.29) is 0 Å². The van der Waals surface area contributed by atoms with Crippen LogP contribution in [0.2, 0.25) is 0 Å². The molecular formula is C13H11N3O. The topological polar surface area (TPSA) is 58.7 Å². The lowest BCUT2D eigenvalue weighted by molar-refractivity contribution is -0.114. The van der Waals surface area contributed by atoms with E-state index in [1.54, 1.807) is 17.3 Å². The maximum atomic E-state index is 11.5. The first-order chi connectivity index (χ1) is 8.27.